The van der Waals surface area contributed by atoms with Gasteiger partial charge in [0, 0.05) is 36.8 Å². The van der Waals surface area contributed by atoms with Crippen molar-refractivity contribution in [3.63, 3.8) is 0 Å². The summed E-state index contributed by atoms with van der Waals surface area (Å²) in [4.78, 5) is 5.76. The molecule has 0 spiro atoms. The van der Waals surface area contributed by atoms with Crippen molar-refractivity contribution < 1.29 is 4.74 Å². The van der Waals surface area contributed by atoms with Crippen molar-refractivity contribution in [1.29, 1.82) is 0 Å². The molecule has 2 aromatic carbocycles. The Bertz CT molecular complexity index is 740. The molecule has 0 aliphatic carbocycles. The highest BCUT2D eigenvalue weighted by molar-refractivity contribution is 7.15. The van der Waals surface area contributed by atoms with Gasteiger partial charge in [0.2, 0.25) is 0 Å². The maximum atomic E-state index is 5.25. The third kappa shape index (κ3) is 4.26. The van der Waals surface area contributed by atoms with Gasteiger partial charge in [-0.05, 0) is 11.1 Å². The Labute approximate surface area is 141 Å². The maximum Gasteiger partial charge on any atom is 0.123 e. The maximum absolute atomic E-state index is 5.25. The molecule has 3 rings (SSSR count). The Morgan fingerprint density at radius 2 is 1.70 bits per heavy atom. The topological polar surface area (TPSA) is 34.1 Å². The van der Waals surface area contributed by atoms with Crippen LogP contribution < -0.4 is 5.32 Å². The normalized spacial score (nSPS) is 10.8. The zero-order chi connectivity index (χ0) is 15.9. The predicted octanol–water partition coefficient (Wildman–Crippen LogP) is 4.25. The minimum atomic E-state index is 0.649. The predicted molar refractivity (Wildman–Crippen MR) is 95.2 cm³/mol. The number of nitrogens with zero attached hydrogens (tertiary/aromatic N) is 1. The summed E-state index contributed by atoms with van der Waals surface area (Å²) >= 11 is 1.74. The molecule has 0 radical (unpaired) electrons. The number of aromatic nitrogens is 1. The van der Waals surface area contributed by atoms with E-state index in [1.807, 2.05) is 30.5 Å². The number of nitrogens with one attached hydrogen (secondary N) is 1. The first-order valence-electron chi connectivity index (χ1n) is 7.63. The van der Waals surface area contributed by atoms with Crippen molar-refractivity contribution >= 4 is 11.3 Å². The van der Waals surface area contributed by atoms with E-state index in [0.29, 0.717) is 6.61 Å². The number of benzene rings is 2. The summed E-state index contributed by atoms with van der Waals surface area (Å²) < 4.78 is 5.25. The fraction of sp³-hybridized carbons (Fsp3) is 0.211. The van der Waals surface area contributed by atoms with E-state index in [9.17, 15) is 0 Å². The van der Waals surface area contributed by atoms with Crippen molar-refractivity contribution in [2.24, 2.45) is 0 Å². The second kappa shape index (κ2) is 8.02. The lowest BCUT2D eigenvalue weighted by atomic mass is 10.1. The number of ether oxygens (including phenoxy) is 1. The molecule has 0 aliphatic rings. The van der Waals surface area contributed by atoms with Gasteiger partial charge in [0.15, 0.2) is 0 Å². The van der Waals surface area contributed by atoms with Gasteiger partial charge in [0.1, 0.15) is 5.01 Å². The zero-order valence-corrected chi connectivity index (χ0v) is 14.0. The Morgan fingerprint density at radius 3 is 2.48 bits per heavy atom. The van der Waals surface area contributed by atoms with E-state index in [2.05, 4.69) is 40.6 Å². The van der Waals surface area contributed by atoms with Crippen LogP contribution in [0, 0.1) is 0 Å². The van der Waals surface area contributed by atoms with Gasteiger partial charge in [0.25, 0.3) is 0 Å². The second-order valence-electron chi connectivity index (χ2n) is 5.30. The molecule has 0 aliphatic heterocycles. The highest BCUT2D eigenvalue weighted by Crippen LogP contribution is 2.24. The Morgan fingerprint density at radius 1 is 0.957 bits per heavy atom. The summed E-state index contributed by atoms with van der Waals surface area (Å²) in [5.74, 6) is 0. The molecule has 118 valence electrons. The van der Waals surface area contributed by atoms with E-state index in [0.717, 1.165) is 18.1 Å². The molecule has 3 nitrogen and oxygen atoms in total. The Balaban J connectivity index is 1.59. The van der Waals surface area contributed by atoms with Crippen LogP contribution in [-0.4, -0.2) is 12.1 Å². The first kappa shape index (κ1) is 15.9. The van der Waals surface area contributed by atoms with Gasteiger partial charge in [-0.2, -0.15) is 0 Å². The first-order chi connectivity index (χ1) is 11.4. The van der Waals surface area contributed by atoms with E-state index in [4.69, 9.17) is 4.74 Å². The highest BCUT2D eigenvalue weighted by atomic mass is 32.1. The standard InChI is InChI=1S/C19H20N2OS/c1-22-14-17-10-6-5-9-16(17)11-20-12-18-13-21-19(23-18)15-7-3-2-4-8-15/h2-10,13,20H,11-12,14H2,1H3. The van der Waals surface area contributed by atoms with Gasteiger partial charge in [-0.15, -0.1) is 11.3 Å². The summed E-state index contributed by atoms with van der Waals surface area (Å²) in [6, 6.07) is 18.7. The van der Waals surface area contributed by atoms with Crippen LogP contribution in [-0.2, 0) is 24.4 Å². The molecule has 0 amide bonds. The molecule has 0 saturated carbocycles. The van der Waals surface area contributed by atoms with Gasteiger partial charge in [0.05, 0.1) is 6.61 Å². The number of hydrogen-bond acceptors (Lipinski definition) is 4. The molecule has 4 heteroatoms. The summed E-state index contributed by atoms with van der Waals surface area (Å²) in [6.07, 6.45) is 1.96. The molecular formula is C19H20N2OS. The lowest BCUT2D eigenvalue weighted by molar-refractivity contribution is 0.184. The largest absolute Gasteiger partial charge is 0.380 e. The number of hydrogen-bond donors (Lipinski definition) is 1. The third-order valence-corrected chi connectivity index (χ3v) is 4.65. The van der Waals surface area contributed by atoms with Crippen LogP contribution in [0.15, 0.2) is 60.8 Å². The summed E-state index contributed by atoms with van der Waals surface area (Å²) in [5, 5.41) is 4.57. The quantitative estimate of drug-likeness (QED) is 0.705. The molecule has 0 saturated heterocycles. The van der Waals surface area contributed by atoms with Crippen molar-refractivity contribution in [2.45, 2.75) is 19.7 Å². The lowest BCUT2D eigenvalue weighted by Crippen LogP contribution is -2.13. The van der Waals surface area contributed by atoms with Crippen LogP contribution in [0.25, 0.3) is 10.6 Å². The van der Waals surface area contributed by atoms with Crippen molar-refractivity contribution in [1.82, 2.24) is 10.3 Å². The van der Waals surface area contributed by atoms with Crippen LogP contribution in [0.2, 0.25) is 0 Å². The first-order valence-corrected chi connectivity index (χ1v) is 8.45. The van der Waals surface area contributed by atoms with Crippen LogP contribution in [0.3, 0.4) is 0 Å². The van der Waals surface area contributed by atoms with Gasteiger partial charge >= 0.3 is 0 Å². The van der Waals surface area contributed by atoms with E-state index in [1.54, 1.807) is 18.4 Å². The SMILES string of the molecule is COCc1ccccc1CNCc1cnc(-c2ccccc2)s1. The van der Waals surface area contributed by atoms with Crippen LogP contribution in [0.5, 0.6) is 0 Å². The molecule has 1 N–H and O–H groups in total. The second-order valence-corrected chi connectivity index (χ2v) is 6.42. The summed E-state index contributed by atoms with van der Waals surface area (Å²) in [7, 11) is 1.73. The molecule has 0 bridgehead atoms. The number of rotatable bonds is 7. The van der Waals surface area contributed by atoms with Gasteiger partial charge in [-0.25, -0.2) is 4.98 Å². The van der Waals surface area contributed by atoms with Crippen LogP contribution in [0.4, 0.5) is 0 Å². The molecular weight excluding hydrogens is 304 g/mol. The fourth-order valence-corrected chi connectivity index (χ4v) is 3.34. The minimum Gasteiger partial charge on any atom is -0.380 e. The Hall–Kier alpha value is -2.01. The molecule has 3 aromatic rings. The molecule has 0 atom stereocenters. The summed E-state index contributed by atoms with van der Waals surface area (Å²) in [5.41, 5.74) is 3.69. The molecule has 23 heavy (non-hydrogen) atoms. The van der Waals surface area contributed by atoms with Gasteiger partial charge in [-0.1, -0.05) is 54.6 Å². The van der Waals surface area contributed by atoms with Crippen molar-refractivity contribution in [3.8, 4) is 10.6 Å². The minimum absolute atomic E-state index is 0.649. The monoisotopic (exact) mass is 324 g/mol. The number of methoxy groups -OCH3 is 1. The van der Waals surface area contributed by atoms with Crippen LogP contribution in [0.1, 0.15) is 16.0 Å². The average molecular weight is 324 g/mol. The van der Waals surface area contributed by atoms with Gasteiger partial charge in [-0.3, -0.25) is 0 Å². The van der Waals surface area contributed by atoms with E-state index in [1.165, 1.54) is 21.6 Å². The molecule has 1 aromatic heterocycles. The zero-order valence-electron chi connectivity index (χ0n) is 13.2. The smallest absolute Gasteiger partial charge is 0.123 e. The average Bonchev–Trinajstić information content (AvgIpc) is 3.06. The molecule has 0 fully saturated rings. The Kier molecular flexibility index (Phi) is 5.53. The fourth-order valence-electron chi connectivity index (χ4n) is 2.45. The molecule has 0 unspecified atom stereocenters. The van der Waals surface area contributed by atoms with E-state index in [-0.39, 0.29) is 0 Å². The van der Waals surface area contributed by atoms with Crippen molar-refractivity contribution in [2.75, 3.05) is 7.11 Å². The van der Waals surface area contributed by atoms with Crippen LogP contribution >= 0.6 is 11.3 Å². The lowest BCUT2D eigenvalue weighted by Gasteiger charge is -2.09. The highest BCUT2D eigenvalue weighted by Gasteiger charge is 2.05. The molecule has 1 heterocycles. The van der Waals surface area contributed by atoms with E-state index < -0.39 is 0 Å². The van der Waals surface area contributed by atoms with Gasteiger partial charge < -0.3 is 10.1 Å². The van der Waals surface area contributed by atoms with Crippen molar-refractivity contribution in [3.05, 3.63) is 76.8 Å². The summed E-state index contributed by atoms with van der Waals surface area (Å²) in [6.45, 7) is 2.31. The number of thiazole rings is 1. The van der Waals surface area contributed by atoms with E-state index >= 15 is 0 Å². The third-order valence-electron chi connectivity index (χ3n) is 3.61.